The Morgan fingerprint density at radius 2 is 1.97 bits per heavy atom. The lowest BCUT2D eigenvalue weighted by atomic mass is 9.99. The molecule has 1 aliphatic rings. The lowest BCUT2D eigenvalue weighted by molar-refractivity contribution is -0.145. The maximum atomic E-state index is 12.3. The monoisotopic (exact) mass is 444 g/mol. The van der Waals surface area contributed by atoms with Gasteiger partial charge in [-0.3, -0.25) is 14.4 Å². The second kappa shape index (κ2) is 8.29. The van der Waals surface area contributed by atoms with Gasteiger partial charge in [0.25, 0.3) is 0 Å². The molecular weight excluding hydrogens is 424 g/mol. The molecule has 0 unspecified atom stereocenters. The first-order valence-electron chi connectivity index (χ1n) is 9.53. The standard InChI is InChI=1S/C21H21ClN4O3S/c1-11-12(2)30-21-18(11)19(14-4-6-15(22)7-5-14)23-16(10-17(28)29-9-8-27)20-25-24-13(3)26(20)21/h4-7,16,27H,8-10H2,1-3H3/t16-/m0/s1. The highest BCUT2D eigenvalue weighted by Gasteiger charge is 2.32. The van der Waals surface area contributed by atoms with E-state index in [1.807, 2.05) is 35.8 Å². The molecule has 1 atom stereocenters. The van der Waals surface area contributed by atoms with Crippen molar-refractivity contribution in [3.05, 3.63) is 62.5 Å². The molecule has 0 bridgehead atoms. The van der Waals surface area contributed by atoms with Crippen LogP contribution in [0.3, 0.4) is 0 Å². The Balaban J connectivity index is 1.91. The van der Waals surface area contributed by atoms with E-state index in [0.29, 0.717) is 10.8 Å². The zero-order valence-electron chi connectivity index (χ0n) is 16.8. The number of fused-ring (bicyclic) bond motifs is 3. The summed E-state index contributed by atoms with van der Waals surface area (Å²) in [5.74, 6) is 0.882. The van der Waals surface area contributed by atoms with Gasteiger partial charge in [0.2, 0.25) is 0 Å². The molecule has 1 aromatic carbocycles. The molecule has 0 fully saturated rings. The summed E-state index contributed by atoms with van der Waals surface area (Å²) in [6.07, 6.45) is 0.00218. The molecule has 0 aliphatic carbocycles. The van der Waals surface area contributed by atoms with E-state index < -0.39 is 12.0 Å². The first-order chi connectivity index (χ1) is 14.4. The molecule has 0 saturated carbocycles. The number of aliphatic hydroxyl groups is 1. The van der Waals surface area contributed by atoms with Gasteiger partial charge in [0, 0.05) is 21.0 Å². The molecule has 3 heterocycles. The topological polar surface area (TPSA) is 89.6 Å². The first kappa shape index (κ1) is 20.7. The van der Waals surface area contributed by atoms with E-state index in [1.165, 1.54) is 4.88 Å². The summed E-state index contributed by atoms with van der Waals surface area (Å²) in [6, 6.07) is 6.94. The summed E-state index contributed by atoms with van der Waals surface area (Å²) < 4.78 is 7.07. The normalized spacial score (nSPS) is 15.2. The smallest absolute Gasteiger partial charge is 0.308 e. The minimum absolute atomic E-state index is 0.00218. The molecule has 3 aromatic rings. The van der Waals surface area contributed by atoms with E-state index in [-0.39, 0.29) is 19.6 Å². The number of hydrogen-bond acceptors (Lipinski definition) is 7. The number of aryl methyl sites for hydroxylation is 2. The molecule has 0 saturated heterocycles. The van der Waals surface area contributed by atoms with Crippen LogP contribution in [-0.2, 0) is 9.53 Å². The van der Waals surface area contributed by atoms with Gasteiger partial charge in [0.1, 0.15) is 23.5 Å². The Kier molecular flexibility index (Phi) is 5.73. The molecule has 7 nitrogen and oxygen atoms in total. The number of nitrogens with zero attached hydrogens (tertiary/aromatic N) is 4. The number of ether oxygens (including phenoxy) is 1. The molecule has 2 aromatic heterocycles. The van der Waals surface area contributed by atoms with Gasteiger partial charge < -0.3 is 9.84 Å². The van der Waals surface area contributed by atoms with Crippen molar-refractivity contribution in [1.82, 2.24) is 14.8 Å². The number of hydrogen-bond donors (Lipinski definition) is 1. The molecule has 0 radical (unpaired) electrons. The summed E-state index contributed by atoms with van der Waals surface area (Å²) in [7, 11) is 0. The maximum absolute atomic E-state index is 12.3. The Morgan fingerprint density at radius 1 is 1.23 bits per heavy atom. The number of aliphatic imine (C=N–C) groups is 1. The number of thiophene rings is 1. The average molecular weight is 445 g/mol. The molecule has 1 aliphatic heterocycles. The van der Waals surface area contributed by atoms with Crippen LogP contribution in [0.2, 0.25) is 5.02 Å². The Morgan fingerprint density at radius 3 is 2.67 bits per heavy atom. The molecule has 30 heavy (non-hydrogen) atoms. The number of rotatable bonds is 5. The van der Waals surface area contributed by atoms with E-state index in [9.17, 15) is 4.79 Å². The van der Waals surface area contributed by atoms with Crippen molar-refractivity contribution in [3.63, 3.8) is 0 Å². The van der Waals surface area contributed by atoms with Crippen molar-refractivity contribution in [3.8, 4) is 5.00 Å². The summed E-state index contributed by atoms with van der Waals surface area (Å²) in [5, 5.41) is 19.2. The number of carbonyl (C=O) groups is 1. The summed E-state index contributed by atoms with van der Waals surface area (Å²) in [6.45, 7) is 5.78. The Labute approximate surface area is 183 Å². The molecular formula is C21H21ClN4O3S. The highest BCUT2D eigenvalue weighted by Crippen LogP contribution is 2.39. The van der Waals surface area contributed by atoms with E-state index in [0.717, 1.165) is 33.2 Å². The van der Waals surface area contributed by atoms with E-state index in [4.69, 9.17) is 26.4 Å². The molecule has 0 amide bonds. The van der Waals surface area contributed by atoms with Crippen molar-refractivity contribution in [2.45, 2.75) is 33.2 Å². The van der Waals surface area contributed by atoms with Crippen molar-refractivity contribution < 1.29 is 14.6 Å². The van der Waals surface area contributed by atoms with Crippen LogP contribution in [0.25, 0.3) is 5.00 Å². The van der Waals surface area contributed by atoms with Gasteiger partial charge in [0.05, 0.1) is 18.7 Å². The van der Waals surface area contributed by atoms with Gasteiger partial charge >= 0.3 is 5.97 Å². The van der Waals surface area contributed by atoms with Gasteiger partial charge in [-0.05, 0) is 38.5 Å². The fraction of sp³-hybridized carbons (Fsp3) is 0.333. The fourth-order valence-corrected chi connectivity index (χ4v) is 4.85. The highest BCUT2D eigenvalue weighted by atomic mass is 35.5. The van der Waals surface area contributed by atoms with E-state index in [1.54, 1.807) is 11.3 Å². The predicted molar refractivity (Wildman–Crippen MR) is 116 cm³/mol. The largest absolute Gasteiger partial charge is 0.463 e. The van der Waals surface area contributed by atoms with Crippen LogP contribution in [-0.4, -0.2) is 44.8 Å². The third-order valence-corrected chi connectivity index (χ3v) is 6.52. The summed E-state index contributed by atoms with van der Waals surface area (Å²) in [4.78, 5) is 18.5. The number of aliphatic hydroxyl groups excluding tert-OH is 1. The van der Waals surface area contributed by atoms with E-state index in [2.05, 4.69) is 24.0 Å². The molecule has 1 N–H and O–H groups in total. The van der Waals surface area contributed by atoms with Crippen LogP contribution in [0.4, 0.5) is 0 Å². The molecule has 4 rings (SSSR count). The Hall–Kier alpha value is -2.55. The van der Waals surface area contributed by atoms with Crippen LogP contribution in [0.5, 0.6) is 0 Å². The zero-order chi connectivity index (χ0) is 21.4. The summed E-state index contributed by atoms with van der Waals surface area (Å²) in [5.41, 5.74) is 3.83. The molecule has 9 heteroatoms. The number of aromatic nitrogens is 3. The van der Waals surface area contributed by atoms with Crippen molar-refractivity contribution in [2.24, 2.45) is 4.99 Å². The number of esters is 1. The number of benzene rings is 1. The number of halogens is 1. The summed E-state index contributed by atoms with van der Waals surface area (Å²) >= 11 is 7.75. The molecule has 156 valence electrons. The van der Waals surface area contributed by atoms with Gasteiger partial charge in [-0.2, -0.15) is 0 Å². The lowest BCUT2D eigenvalue weighted by Crippen LogP contribution is -2.15. The fourth-order valence-electron chi connectivity index (χ4n) is 3.51. The Bertz CT molecular complexity index is 1130. The van der Waals surface area contributed by atoms with Crippen LogP contribution in [0, 0.1) is 20.8 Å². The van der Waals surface area contributed by atoms with Gasteiger partial charge in [0.15, 0.2) is 5.82 Å². The number of carbonyl (C=O) groups excluding carboxylic acids is 1. The highest BCUT2D eigenvalue weighted by molar-refractivity contribution is 7.15. The van der Waals surface area contributed by atoms with Crippen LogP contribution >= 0.6 is 22.9 Å². The second-order valence-corrected chi connectivity index (χ2v) is 8.69. The third kappa shape index (κ3) is 3.66. The maximum Gasteiger partial charge on any atom is 0.308 e. The van der Waals surface area contributed by atoms with Crippen molar-refractivity contribution >= 4 is 34.6 Å². The quantitative estimate of drug-likeness (QED) is 0.605. The van der Waals surface area contributed by atoms with Crippen LogP contribution in [0.15, 0.2) is 29.3 Å². The predicted octanol–water partition coefficient (Wildman–Crippen LogP) is 3.73. The van der Waals surface area contributed by atoms with Crippen LogP contribution in [0.1, 0.15) is 45.7 Å². The van der Waals surface area contributed by atoms with Gasteiger partial charge in [-0.25, -0.2) is 0 Å². The zero-order valence-corrected chi connectivity index (χ0v) is 18.4. The van der Waals surface area contributed by atoms with Crippen LogP contribution < -0.4 is 0 Å². The minimum Gasteiger partial charge on any atom is -0.463 e. The first-order valence-corrected chi connectivity index (χ1v) is 10.7. The molecule has 0 spiro atoms. The average Bonchev–Trinajstić information content (AvgIpc) is 3.19. The SMILES string of the molecule is Cc1sc2c(c1C)C(c1ccc(Cl)cc1)=N[C@@H](CC(=O)OCCO)c1nnc(C)n1-2. The lowest BCUT2D eigenvalue weighted by Gasteiger charge is -2.12. The third-order valence-electron chi connectivity index (χ3n) is 5.07. The van der Waals surface area contributed by atoms with Crippen molar-refractivity contribution in [1.29, 1.82) is 0 Å². The second-order valence-electron chi connectivity index (χ2n) is 7.05. The van der Waals surface area contributed by atoms with E-state index >= 15 is 0 Å². The van der Waals surface area contributed by atoms with Crippen molar-refractivity contribution in [2.75, 3.05) is 13.2 Å². The van der Waals surface area contributed by atoms with Gasteiger partial charge in [-0.1, -0.05) is 23.7 Å². The minimum atomic E-state index is -0.567. The van der Waals surface area contributed by atoms with Gasteiger partial charge in [-0.15, -0.1) is 21.5 Å².